The molecule has 0 radical (unpaired) electrons. The smallest absolute Gasteiger partial charge is 0.234 e. The van der Waals surface area contributed by atoms with Crippen LogP contribution in [0.2, 0.25) is 0 Å². The fraction of sp³-hybridized carbons (Fsp3) is 0.429. The highest BCUT2D eigenvalue weighted by atomic mass is 19.1. The van der Waals surface area contributed by atoms with Gasteiger partial charge in [0, 0.05) is 25.2 Å². The van der Waals surface area contributed by atoms with Gasteiger partial charge >= 0.3 is 0 Å². The molecule has 2 N–H and O–H groups in total. The predicted molar refractivity (Wildman–Crippen MR) is 71.0 cm³/mol. The topological polar surface area (TPSA) is 69.6 Å². The number of hydrogen-bond acceptors (Lipinski definition) is 4. The van der Waals surface area contributed by atoms with Crippen LogP contribution in [-0.4, -0.2) is 41.3 Å². The van der Waals surface area contributed by atoms with Gasteiger partial charge in [0.2, 0.25) is 5.91 Å². The molecule has 1 amide bonds. The molecule has 0 aromatic heterocycles. The molecule has 5 nitrogen and oxygen atoms in total. The number of carbonyl (C=O) groups is 2. The average molecular weight is 280 g/mol. The second-order valence-corrected chi connectivity index (χ2v) is 4.93. The van der Waals surface area contributed by atoms with Crippen molar-refractivity contribution < 1.29 is 19.1 Å². The second-order valence-electron chi connectivity index (χ2n) is 4.93. The number of ketones is 1. The normalized spacial score (nSPS) is 16.6. The number of hydrogen-bond donors (Lipinski definition) is 2. The highest BCUT2D eigenvalue weighted by molar-refractivity contribution is 5.97. The lowest BCUT2D eigenvalue weighted by Gasteiger charge is -2.19. The van der Waals surface area contributed by atoms with Crippen LogP contribution in [0, 0.1) is 5.82 Å². The molecule has 1 aromatic carbocycles. The molecule has 1 aromatic rings. The Balaban J connectivity index is 2.24. The van der Waals surface area contributed by atoms with E-state index in [0.29, 0.717) is 18.7 Å². The lowest BCUT2D eigenvalue weighted by atomic mass is 10.0. The number of rotatable bonds is 3. The molecule has 0 saturated carbocycles. The summed E-state index contributed by atoms with van der Waals surface area (Å²) in [5.41, 5.74) is 0.296. The van der Waals surface area contributed by atoms with Crippen LogP contribution in [0.25, 0.3) is 0 Å². The minimum absolute atomic E-state index is 0.0285. The van der Waals surface area contributed by atoms with E-state index in [2.05, 4.69) is 5.32 Å². The zero-order valence-corrected chi connectivity index (χ0v) is 11.3. The highest BCUT2D eigenvalue weighted by Crippen LogP contribution is 2.26. The van der Waals surface area contributed by atoms with Crippen LogP contribution >= 0.6 is 0 Å². The molecule has 0 unspecified atom stereocenters. The molecule has 1 saturated heterocycles. The summed E-state index contributed by atoms with van der Waals surface area (Å²) in [6, 6.07) is 2.22. The fourth-order valence-electron chi connectivity index (χ4n) is 2.29. The van der Waals surface area contributed by atoms with Crippen molar-refractivity contribution in [2.45, 2.75) is 19.9 Å². The van der Waals surface area contributed by atoms with E-state index in [1.807, 2.05) is 4.90 Å². The van der Waals surface area contributed by atoms with Gasteiger partial charge in [0.05, 0.1) is 12.1 Å². The molecule has 0 aliphatic carbocycles. The van der Waals surface area contributed by atoms with Gasteiger partial charge in [-0.1, -0.05) is 0 Å². The van der Waals surface area contributed by atoms with Gasteiger partial charge in [-0.15, -0.1) is 0 Å². The summed E-state index contributed by atoms with van der Waals surface area (Å²) in [5.74, 6) is -1.26. The standard InChI is InChI=1S/C14H17FN2O3/c1-9(18)12-6-11(15)5-10(14(12)20)7-17-4-2-3-16-13(19)8-17/h5-6,20H,2-4,7-8H2,1H3,(H,16,19). The average Bonchev–Trinajstić information content (AvgIpc) is 2.57. The molecule has 0 spiro atoms. The van der Waals surface area contributed by atoms with Gasteiger partial charge in [0.25, 0.3) is 0 Å². The number of aromatic hydroxyl groups is 1. The lowest BCUT2D eigenvalue weighted by molar-refractivity contribution is -0.121. The first-order chi connectivity index (χ1) is 9.47. The van der Waals surface area contributed by atoms with Crippen LogP contribution in [-0.2, 0) is 11.3 Å². The van der Waals surface area contributed by atoms with Crippen LogP contribution < -0.4 is 5.32 Å². The van der Waals surface area contributed by atoms with Crippen LogP contribution in [0.1, 0.15) is 29.3 Å². The molecule has 1 heterocycles. The van der Waals surface area contributed by atoms with E-state index in [9.17, 15) is 19.1 Å². The van der Waals surface area contributed by atoms with Crippen LogP contribution in [0.3, 0.4) is 0 Å². The number of halogens is 1. The zero-order valence-electron chi connectivity index (χ0n) is 11.3. The molecule has 1 fully saturated rings. The SMILES string of the molecule is CC(=O)c1cc(F)cc(CN2CCCNC(=O)C2)c1O. The third kappa shape index (κ3) is 3.33. The Kier molecular flexibility index (Phi) is 4.34. The van der Waals surface area contributed by atoms with Crippen molar-refractivity contribution in [1.29, 1.82) is 0 Å². The molecule has 1 aliphatic rings. The van der Waals surface area contributed by atoms with Crippen LogP contribution in [0.4, 0.5) is 4.39 Å². The number of benzene rings is 1. The summed E-state index contributed by atoms with van der Waals surface area (Å²) in [5, 5.41) is 12.8. The summed E-state index contributed by atoms with van der Waals surface area (Å²) in [6.07, 6.45) is 0.793. The zero-order chi connectivity index (χ0) is 14.7. The summed E-state index contributed by atoms with van der Waals surface area (Å²) in [6.45, 7) is 2.99. The number of phenols is 1. The van der Waals surface area contributed by atoms with Crippen molar-refractivity contribution in [3.8, 4) is 5.75 Å². The Hall–Kier alpha value is -1.95. The van der Waals surface area contributed by atoms with Crippen molar-refractivity contribution >= 4 is 11.7 Å². The summed E-state index contributed by atoms with van der Waals surface area (Å²) in [7, 11) is 0. The van der Waals surface area contributed by atoms with E-state index >= 15 is 0 Å². The quantitative estimate of drug-likeness (QED) is 0.812. The number of amides is 1. The van der Waals surface area contributed by atoms with E-state index in [1.54, 1.807) is 0 Å². The van der Waals surface area contributed by atoms with Gasteiger partial charge in [-0.3, -0.25) is 14.5 Å². The molecule has 1 aliphatic heterocycles. The highest BCUT2D eigenvalue weighted by Gasteiger charge is 2.19. The Labute approximate surface area is 116 Å². The van der Waals surface area contributed by atoms with Gasteiger partial charge in [-0.2, -0.15) is 0 Å². The summed E-state index contributed by atoms with van der Waals surface area (Å²) >= 11 is 0. The number of carbonyl (C=O) groups excluding carboxylic acids is 2. The van der Waals surface area contributed by atoms with E-state index in [4.69, 9.17) is 0 Å². The Morgan fingerprint density at radius 1 is 1.50 bits per heavy atom. The van der Waals surface area contributed by atoms with Gasteiger partial charge in [0.15, 0.2) is 5.78 Å². The van der Waals surface area contributed by atoms with E-state index in [-0.39, 0.29) is 30.3 Å². The van der Waals surface area contributed by atoms with Gasteiger partial charge < -0.3 is 10.4 Å². The minimum Gasteiger partial charge on any atom is -0.507 e. The summed E-state index contributed by atoms with van der Waals surface area (Å²) < 4.78 is 13.5. The fourth-order valence-corrected chi connectivity index (χ4v) is 2.29. The Morgan fingerprint density at radius 3 is 2.95 bits per heavy atom. The van der Waals surface area contributed by atoms with Crippen molar-refractivity contribution in [3.05, 3.63) is 29.1 Å². The van der Waals surface area contributed by atoms with Crippen LogP contribution in [0.15, 0.2) is 12.1 Å². The molecule has 0 atom stereocenters. The van der Waals surface area contributed by atoms with Gasteiger partial charge in [-0.25, -0.2) is 4.39 Å². The van der Waals surface area contributed by atoms with Crippen molar-refractivity contribution in [2.75, 3.05) is 19.6 Å². The molecule has 0 bridgehead atoms. The van der Waals surface area contributed by atoms with Crippen molar-refractivity contribution in [2.24, 2.45) is 0 Å². The molecule has 108 valence electrons. The number of phenolic OH excluding ortho intramolecular Hbond substituents is 1. The van der Waals surface area contributed by atoms with Crippen molar-refractivity contribution in [3.63, 3.8) is 0 Å². The van der Waals surface area contributed by atoms with E-state index in [0.717, 1.165) is 12.5 Å². The number of nitrogens with zero attached hydrogens (tertiary/aromatic N) is 1. The predicted octanol–water partition coefficient (Wildman–Crippen LogP) is 1.06. The molecular weight excluding hydrogens is 263 g/mol. The monoisotopic (exact) mass is 280 g/mol. The first-order valence-electron chi connectivity index (χ1n) is 6.48. The lowest BCUT2D eigenvalue weighted by Crippen LogP contribution is -2.32. The Bertz CT molecular complexity index is 545. The number of Topliss-reactive ketones (excluding diaryl/α,β-unsaturated/α-hetero) is 1. The van der Waals surface area contributed by atoms with Gasteiger partial charge in [-0.05, 0) is 25.5 Å². The third-order valence-electron chi connectivity index (χ3n) is 3.27. The number of nitrogens with one attached hydrogen (secondary N) is 1. The maximum atomic E-state index is 13.5. The van der Waals surface area contributed by atoms with Gasteiger partial charge in [0.1, 0.15) is 11.6 Å². The van der Waals surface area contributed by atoms with Crippen molar-refractivity contribution in [1.82, 2.24) is 10.2 Å². The van der Waals surface area contributed by atoms with Crippen LogP contribution in [0.5, 0.6) is 5.75 Å². The van der Waals surface area contributed by atoms with E-state index < -0.39 is 11.6 Å². The summed E-state index contributed by atoms with van der Waals surface area (Å²) in [4.78, 5) is 24.7. The Morgan fingerprint density at radius 2 is 2.25 bits per heavy atom. The first-order valence-corrected chi connectivity index (χ1v) is 6.48. The first kappa shape index (κ1) is 14.5. The molecule has 6 heteroatoms. The van der Waals surface area contributed by atoms with E-state index in [1.165, 1.54) is 13.0 Å². The molecular formula is C14H17FN2O3. The largest absolute Gasteiger partial charge is 0.507 e. The minimum atomic E-state index is -0.567. The third-order valence-corrected chi connectivity index (χ3v) is 3.27. The second kappa shape index (κ2) is 6.00. The molecule has 2 rings (SSSR count). The maximum Gasteiger partial charge on any atom is 0.234 e. The molecule has 20 heavy (non-hydrogen) atoms. The maximum absolute atomic E-state index is 13.5.